The van der Waals surface area contributed by atoms with Crippen LogP contribution in [-0.2, 0) is 18.3 Å². The third-order valence-electron chi connectivity index (χ3n) is 5.56. The van der Waals surface area contributed by atoms with Gasteiger partial charge in [-0.05, 0) is 60.6 Å². The van der Waals surface area contributed by atoms with Crippen molar-refractivity contribution >= 4 is 28.8 Å². The molecule has 0 bridgehead atoms. The van der Waals surface area contributed by atoms with Crippen molar-refractivity contribution in [3.05, 3.63) is 75.6 Å². The molecule has 0 radical (unpaired) electrons. The Kier molecular flexibility index (Phi) is 5.15. The van der Waals surface area contributed by atoms with Crippen LogP contribution in [0.5, 0.6) is 0 Å². The molecular weight excluding hydrogens is 467 g/mol. The van der Waals surface area contributed by atoms with E-state index in [1.165, 1.54) is 16.7 Å². The second kappa shape index (κ2) is 7.59. The second-order valence-corrected chi connectivity index (χ2v) is 7.93. The Morgan fingerprint density at radius 2 is 1.93 bits per heavy atom. The minimum absolute atomic E-state index is 0.417. The number of benzene rings is 2. The number of aromatic nitrogens is 4. The summed E-state index contributed by atoms with van der Waals surface area (Å²) >= 11 is 2.16. The predicted octanol–water partition coefficient (Wildman–Crippen LogP) is 2.37. The SMILES string of the molecule is Cc1ccc2c(c1)CCc1cc(C(N)=O)ccc1C2(CCNI)c1nn[nH]n1. The van der Waals surface area contributed by atoms with Gasteiger partial charge in [0.15, 0.2) is 5.82 Å². The Bertz CT molecular complexity index is 1020. The number of amides is 1. The molecule has 8 heteroatoms. The number of hydrogen-bond donors (Lipinski definition) is 3. The van der Waals surface area contributed by atoms with Crippen LogP contribution in [0.15, 0.2) is 36.4 Å². The summed E-state index contributed by atoms with van der Waals surface area (Å²) in [5, 5.41) is 15.3. The van der Waals surface area contributed by atoms with E-state index in [0.29, 0.717) is 11.4 Å². The molecule has 1 aliphatic rings. The normalized spacial score (nSPS) is 18.2. The lowest BCUT2D eigenvalue weighted by Crippen LogP contribution is -2.35. The lowest BCUT2D eigenvalue weighted by Gasteiger charge is -2.34. The van der Waals surface area contributed by atoms with Crippen molar-refractivity contribution in [1.82, 2.24) is 24.2 Å². The standard InChI is InChI=1S/C20H21IN6O/c1-12-2-6-16-13(10-12)3-4-14-11-15(18(22)28)5-7-17(14)20(16,8-9-23-21)19-24-26-27-25-19/h2,5-7,10-11,23H,3-4,8-9H2,1H3,(H2,22,28)(H,24,25,26,27). The summed E-state index contributed by atoms with van der Waals surface area (Å²) in [6.45, 7) is 2.87. The zero-order valence-electron chi connectivity index (χ0n) is 15.5. The Hall–Kier alpha value is -2.33. The molecule has 1 amide bonds. The highest BCUT2D eigenvalue weighted by molar-refractivity contribution is 14.1. The van der Waals surface area contributed by atoms with Crippen LogP contribution in [0.3, 0.4) is 0 Å². The van der Waals surface area contributed by atoms with Crippen molar-refractivity contribution in [2.45, 2.75) is 31.6 Å². The number of nitrogens with two attached hydrogens (primary N) is 1. The average molecular weight is 488 g/mol. The van der Waals surface area contributed by atoms with E-state index in [9.17, 15) is 4.79 Å². The number of aromatic amines is 1. The van der Waals surface area contributed by atoms with E-state index in [1.54, 1.807) is 6.07 Å². The predicted molar refractivity (Wildman–Crippen MR) is 114 cm³/mol. The number of H-pyrrole nitrogens is 1. The number of halogens is 1. The number of tetrazole rings is 1. The molecular formula is C20H21IN6O. The Labute approximate surface area is 177 Å². The molecule has 0 saturated heterocycles. The van der Waals surface area contributed by atoms with Crippen molar-refractivity contribution in [3.63, 3.8) is 0 Å². The molecule has 0 spiro atoms. The van der Waals surface area contributed by atoms with Gasteiger partial charge in [0.05, 0.1) is 5.41 Å². The fourth-order valence-electron chi connectivity index (χ4n) is 4.33. The van der Waals surface area contributed by atoms with Crippen LogP contribution in [0.1, 0.15) is 50.4 Å². The molecule has 1 aliphatic carbocycles. The van der Waals surface area contributed by atoms with Gasteiger partial charge in [-0.25, -0.2) is 0 Å². The summed E-state index contributed by atoms with van der Waals surface area (Å²) in [5.74, 6) is 0.221. The van der Waals surface area contributed by atoms with Crippen molar-refractivity contribution in [1.29, 1.82) is 0 Å². The zero-order valence-corrected chi connectivity index (χ0v) is 17.7. The lowest BCUT2D eigenvalue weighted by molar-refractivity contribution is 0.1000. The minimum atomic E-state index is -0.559. The van der Waals surface area contributed by atoms with Gasteiger partial charge in [-0.3, -0.25) is 8.32 Å². The van der Waals surface area contributed by atoms with Gasteiger partial charge in [0.2, 0.25) is 5.91 Å². The molecule has 1 heterocycles. The Morgan fingerprint density at radius 1 is 1.21 bits per heavy atom. The number of rotatable bonds is 5. The molecule has 2 aromatic carbocycles. The van der Waals surface area contributed by atoms with Gasteiger partial charge in [-0.15, -0.1) is 10.2 Å². The maximum absolute atomic E-state index is 11.8. The summed E-state index contributed by atoms with van der Waals surface area (Å²) in [5.41, 5.74) is 11.4. The van der Waals surface area contributed by atoms with Gasteiger partial charge >= 0.3 is 0 Å². The van der Waals surface area contributed by atoms with Gasteiger partial charge in [0, 0.05) is 35.0 Å². The summed E-state index contributed by atoms with van der Waals surface area (Å²) in [4.78, 5) is 11.8. The van der Waals surface area contributed by atoms with Crippen LogP contribution in [-0.4, -0.2) is 33.1 Å². The maximum atomic E-state index is 11.8. The van der Waals surface area contributed by atoms with Crippen LogP contribution >= 0.6 is 22.9 Å². The quantitative estimate of drug-likeness (QED) is 0.378. The van der Waals surface area contributed by atoms with E-state index < -0.39 is 11.3 Å². The van der Waals surface area contributed by atoms with Gasteiger partial charge in [0.1, 0.15) is 0 Å². The van der Waals surface area contributed by atoms with E-state index in [-0.39, 0.29) is 0 Å². The summed E-state index contributed by atoms with van der Waals surface area (Å²) in [6, 6.07) is 12.3. The summed E-state index contributed by atoms with van der Waals surface area (Å²) in [6.07, 6.45) is 2.46. The molecule has 4 rings (SSSR count). The molecule has 144 valence electrons. The fourth-order valence-corrected chi connectivity index (χ4v) is 4.60. The first-order chi connectivity index (χ1) is 13.6. The summed E-state index contributed by atoms with van der Waals surface area (Å²) < 4.78 is 3.23. The number of carbonyl (C=O) groups excluding carboxylic acids is 1. The minimum Gasteiger partial charge on any atom is -0.366 e. The largest absolute Gasteiger partial charge is 0.366 e. The van der Waals surface area contributed by atoms with Crippen LogP contribution in [0.2, 0.25) is 0 Å². The number of aryl methyl sites for hydroxylation is 3. The number of nitrogens with zero attached hydrogens (tertiary/aromatic N) is 3. The maximum Gasteiger partial charge on any atom is 0.248 e. The van der Waals surface area contributed by atoms with E-state index >= 15 is 0 Å². The van der Waals surface area contributed by atoms with Crippen LogP contribution in [0.25, 0.3) is 0 Å². The monoisotopic (exact) mass is 488 g/mol. The van der Waals surface area contributed by atoms with Gasteiger partial charge in [-0.2, -0.15) is 5.21 Å². The Morgan fingerprint density at radius 3 is 2.57 bits per heavy atom. The first kappa shape index (κ1) is 19.0. The molecule has 0 aliphatic heterocycles. The molecule has 3 aromatic rings. The van der Waals surface area contributed by atoms with Crippen LogP contribution in [0.4, 0.5) is 0 Å². The second-order valence-electron chi connectivity index (χ2n) is 7.17. The molecule has 28 heavy (non-hydrogen) atoms. The van der Waals surface area contributed by atoms with Crippen LogP contribution in [0, 0.1) is 6.92 Å². The van der Waals surface area contributed by atoms with Crippen molar-refractivity contribution in [2.75, 3.05) is 6.54 Å². The fraction of sp³-hybridized carbons (Fsp3) is 0.300. The average Bonchev–Trinajstić information content (AvgIpc) is 3.19. The topological polar surface area (TPSA) is 110 Å². The molecule has 0 fully saturated rings. The first-order valence-corrected chi connectivity index (χ1v) is 10.2. The third kappa shape index (κ3) is 3.10. The number of nitrogens with one attached hydrogen (secondary N) is 2. The third-order valence-corrected chi connectivity index (χ3v) is 6.09. The Balaban J connectivity index is 2.05. The zero-order chi connectivity index (χ0) is 19.7. The number of primary amides is 1. The number of carbonyl (C=O) groups is 1. The molecule has 0 saturated carbocycles. The van der Waals surface area contributed by atoms with Crippen LogP contribution < -0.4 is 9.26 Å². The van der Waals surface area contributed by atoms with E-state index in [0.717, 1.165) is 36.9 Å². The van der Waals surface area contributed by atoms with E-state index in [1.807, 2.05) is 12.1 Å². The molecule has 7 nitrogen and oxygen atoms in total. The number of hydrogen-bond acceptors (Lipinski definition) is 5. The number of fused-ring (bicyclic) bond motifs is 2. The highest BCUT2D eigenvalue weighted by Gasteiger charge is 2.44. The molecule has 1 unspecified atom stereocenters. The van der Waals surface area contributed by atoms with Gasteiger partial charge < -0.3 is 5.73 Å². The van der Waals surface area contributed by atoms with E-state index in [4.69, 9.17) is 5.73 Å². The van der Waals surface area contributed by atoms with Crippen molar-refractivity contribution < 1.29 is 4.79 Å². The highest BCUT2D eigenvalue weighted by atomic mass is 127. The molecule has 1 aromatic heterocycles. The van der Waals surface area contributed by atoms with Gasteiger partial charge in [-0.1, -0.05) is 35.0 Å². The highest BCUT2D eigenvalue weighted by Crippen LogP contribution is 2.46. The van der Waals surface area contributed by atoms with Crippen molar-refractivity contribution in [3.8, 4) is 0 Å². The molecule has 4 N–H and O–H groups in total. The first-order valence-electron chi connectivity index (χ1n) is 9.17. The lowest BCUT2D eigenvalue weighted by atomic mass is 9.69. The molecule has 1 atom stereocenters. The van der Waals surface area contributed by atoms with E-state index in [2.05, 4.69) is 72.1 Å². The summed E-state index contributed by atoms with van der Waals surface area (Å²) in [7, 11) is 0. The van der Waals surface area contributed by atoms with Crippen molar-refractivity contribution in [2.24, 2.45) is 5.73 Å². The van der Waals surface area contributed by atoms with Gasteiger partial charge in [0.25, 0.3) is 0 Å². The smallest absolute Gasteiger partial charge is 0.248 e.